The molecule has 0 spiro atoms. The standard InChI is InChI=1S/C22H20N6OS/c1-13-4-6-16(7-5-13)19-12-30-22(26-19)27-20(29)9-8-18-14(2)25-21-17(10-23)11-24-28(21)15(18)3/h4-7,11-12H,8-9H2,1-3H3,(H,26,27,29). The molecular weight excluding hydrogens is 396 g/mol. The minimum absolute atomic E-state index is 0.100. The number of benzene rings is 1. The van der Waals surface area contributed by atoms with E-state index in [1.54, 1.807) is 4.52 Å². The number of aromatic nitrogens is 4. The lowest BCUT2D eigenvalue weighted by molar-refractivity contribution is -0.116. The van der Waals surface area contributed by atoms with E-state index in [2.05, 4.69) is 26.5 Å². The molecule has 0 unspecified atom stereocenters. The van der Waals surface area contributed by atoms with Crippen molar-refractivity contribution in [2.75, 3.05) is 5.32 Å². The number of hydrogen-bond acceptors (Lipinski definition) is 6. The van der Waals surface area contributed by atoms with Crippen LogP contribution in [0.5, 0.6) is 0 Å². The summed E-state index contributed by atoms with van der Waals surface area (Å²) in [7, 11) is 0. The zero-order valence-corrected chi connectivity index (χ0v) is 17.7. The van der Waals surface area contributed by atoms with Gasteiger partial charge < -0.3 is 5.32 Å². The van der Waals surface area contributed by atoms with Crippen LogP contribution in [0.25, 0.3) is 16.9 Å². The molecule has 8 heteroatoms. The van der Waals surface area contributed by atoms with Crippen LogP contribution < -0.4 is 5.32 Å². The average molecular weight is 417 g/mol. The smallest absolute Gasteiger partial charge is 0.226 e. The Kier molecular flexibility index (Phi) is 5.29. The average Bonchev–Trinajstić information content (AvgIpc) is 3.35. The molecule has 1 aromatic carbocycles. The Labute approximate surface area is 178 Å². The van der Waals surface area contributed by atoms with Crippen molar-refractivity contribution < 1.29 is 4.79 Å². The van der Waals surface area contributed by atoms with E-state index in [0.717, 1.165) is 28.2 Å². The molecule has 7 nitrogen and oxygen atoms in total. The molecular formula is C22H20N6OS. The fraction of sp³-hybridized carbons (Fsp3) is 0.227. The molecule has 0 atom stereocenters. The van der Waals surface area contributed by atoms with Gasteiger partial charge >= 0.3 is 0 Å². The van der Waals surface area contributed by atoms with Gasteiger partial charge in [-0.25, -0.2) is 14.5 Å². The van der Waals surface area contributed by atoms with Gasteiger partial charge in [0.15, 0.2) is 10.8 Å². The highest BCUT2D eigenvalue weighted by Crippen LogP contribution is 2.25. The Morgan fingerprint density at radius 2 is 1.97 bits per heavy atom. The van der Waals surface area contributed by atoms with Gasteiger partial charge in [-0.15, -0.1) is 11.3 Å². The molecule has 3 heterocycles. The first-order chi connectivity index (χ1) is 14.5. The first-order valence-electron chi connectivity index (χ1n) is 9.52. The Balaban J connectivity index is 1.44. The summed E-state index contributed by atoms with van der Waals surface area (Å²) in [5.74, 6) is -0.100. The van der Waals surface area contributed by atoms with E-state index >= 15 is 0 Å². The van der Waals surface area contributed by atoms with Crippen molar-refractivity contribution in [3.63, 3.8) is 0 Å². The van der Waals surface area contributed by atoms with Crippen LogP contribution in [0.4, 0.5) is 5.13 Å². The quantitative estimate of drug-likeness (QED) is 0.525. The summed E-state index contributed by atoms with van der Waals surface area (Å²) in [6.45, 7) is 5.86. The summed E-state index contributed by atoms with van der Waals surface area (Å²) in [4.78, 5) is 21.5. The third-order valence-corrected chi connectivity index (χ3v) is 5.79. The topological polar surface area (TPSA) is 96.0 Å². The highest BCUT2D eigenvalue weighted by molar-refractivity contribution is 7.14. The second-order valence-electron chi connectivity index (χ2n) is 7.12. The minimum Gasteiger partial charge on any atom is -0.302 e. The fourth-order valence-corrected chi connectivity index (χ4v) is 4.10. The summed E-state index contributed by atoms with van der Waals surface area (Å²) in [5, 5.41) is 18.8. The van der Waals surface area contributed by atoms with E-state index in [1.807, 2.05) is 50.4 Å². The molecule has 0 aliphatic carbocycles. The molecule has 4 rings (SSSR count). The van der Waals surface area contributed by atoms with Gasteiger partial charge in [-0.05, 0) is 32.8 Å². The van der Waals surface area contributed by atoms with Crippen LogP contribution in [0, 0.1) is 32.1 Å². The predicted molar refractivity (Wildman–Crippen MR) is 116 cm³/mol. The maximum Gasteiger partial charge on any atom is 0.226 e. The number of nitrogens with zero attached hydrogens (tertiary/aromatic N) is 5. The lowest BCUT2D eigenvalue weighted by atomic mass is 10.1. The molecule has 0 aliphatic heterocycles. The number of nitrogens with one attached hydrogen (secondary N) is 1. The number of rotatable bonds is 5. The molecule has 150 valence electrons. The van der Waals surface area contributed by atoms with Gasteiger partial charge in [0.25, 0.3) is 0 Å². The highest BCUT2D eigenvalue weighted by Gasteiger charge is 2.15. The van der Waals surface area contributed by atoms with Crippen molar-refractivity contribution in [1.82, 2.24) is 19.6 Å². The summed E-state index contributed by atoms with van der Waals surface area (Å²) in [6, 6.07) is 10.2. The van der Waals surface area contributed by atoms with E-state index in [4.69, 9.17) is 0 Å². The molecule has 0 fully saturated rings. The summed E-state index contributed by atoms with van der Waals surface area (Å²) in [5.41, 5.74) is 6.72. The van der Waals surface area contributed by atoms with Gasteiger partial charge in [0.2, 0.25) is 5.91 Å². The van der Waals surface area contributed by atoms with Crippen molar-refractivity contribution in [3.8, 4) is 17.3 Å². The first-order valence-corrected chi connectivity index (χ1v) is 10.4. The first kappa shape index (κ1) is 19.7. The van der Waals surface area contributed by atoms with Crippen LogP contribution in [0.15, 0.2) is 35.8 Å². The second kappa shape index (κ2) is 8.05. The second-order valence-corrected chi connectivity index (χ2v) is 7.98. The number of hydrogen-bond donors (Lipinski definition) is 1. The van der Waals surface area contributed by atoms with Crippen molar-refractivity contribution in [2.45, 2.75) is 33.6 Å². The number of anilines is 1. The van der Waals surface area contributed by atoms with E-state index < -0.39 is 0 Å². The van der Waals surface area contributed by atoms with Crippen LogP contribution >= 0.6 is 11.3 Å². The third-order valence-electron chi connectivity index (χ3n) is 5.03. The number of carbonyl (C=O) groups is 1. The number of thiazole rings is 1. The minimum atomic E-state index is -0.100. The molecule has 0 saturated carbocycles. The largest absolute Gasteiger partial charge is 0.302 e. The molecule has 0 aliphatic rings. The molecule has 1 amide bonds. The van der Waals surface area contributed by atoms with E-state index in [1.165, 1.54) is 23.1 Å². The van der Waals surface area contributed by atoms with E-state index in [-0.39, 0.29) is 5.91 Å². The highest BCUT2D eigenvalue weighted by atomic mass is 32.1. The molecule has 0 saturated heterocycles. The zero-order chi connectivity index (χ0) is 21.3. The lowest BCUT2D eigenvalue weighted by Gasteiger charge is -2.11. The van der Waals surface area contributed by atoms with Gasteiger partial charge in [-0.3, -0.25) is 4.79 Å². The Bertz CT molecular complexity index is 1280. The van der Waals surface area contributed by atoms with E-state index in [9.17, 15) is 10.1 Å². The van der Waals surface area contributed by atoms with Gasteiger partial charge in [-0.2, -0.15) is 10.4 Å². The monoisotopic (exact) mass is 416 g/mol. The zero-order valence-electron chi connectivity index (χ0n) is 16.9. The molecule has 4 aromatic rings. The van der Waals surface area contributed by atoms with Crippen LogP contribution in [0.2, 0.25) is 0 Å². The Morgan fingerprint density at radius 3 is 2.70 bits per heavy atom. The molecule has 30 heavy (non-hydrogen) atoms. The number of nitriles is 1. The molecule has 1 N–H and O–H groups in total. The van der Waals surface area contributed by atoms with Gasteiger partial charge in [0, 0.05) is 28.8 Å². The maximum absolute atomic E-state index is 12.5. The fourth-order valence-electron chi connectivity index (χ4n) is 3.36. The lowest BCUT2D eigenvalue weighted by Crippen LogP contribution is -2.14. The number of carbonyl (C=O) groups excluding carboxylic acids is 1. The maximum atomic E-state index is 12.5. The van der Waals surface area contributed by atoms with Crippen molar-refractivity contribution in [3.05, 3.63) is 63.9 Å². The summed E-state index contributed by atoms with van der Waals surface area (Å²) >= 11 is 1.41. The Morgan fingerprint density at radius 1 is 1.20 bits per heavy atom. The number of aryl methyl sites for hydroxylation is 3. The van der Waals surface area contributed by atoms with Crippen molar-refractivity contribution in [1.29, 1.82) is 5.26 Å². The van der Waals surface area contributed by atoms with Gasteiger partial charge in [-0.1, -0.05) is 29.8 Å². The van der Waals surface area contributed by atoms with Crippen LogP contribution in [-0.4, -0.2) is 25.5 Å². The van der Waals surface area contributed by atoms with Gasteiger partial charge in [0.05, 0.1) is 11.9 Å². The van der Waals surface area contributed by atoms with E-state index in [0.29, 0.717) is 29.2 Å². The number of fused-ring (bicyclic) bond motifs is 1. The number of amides is 1. The van der Waals surface area contributed by atoms with Crippen LogP contribution in [0.1, 0.15) is 34.5 Å². The van der Waals surface area contributed by atoms with Crippen molar-refractivity contribution in [2.24, 2.45) is 0 Å². The Hall–Kier alpha value is -3.57. The SMILES string of the molecule is Cc1ccc(-c2csc(NC(=O)CCc3c(C)nc4c(C#N)cnn4c3C)n2)cc1. The predicted octanol–water partition coefficient (Wildman–Crippen LogP) is 4.22. The molecule has 0 bridgehead atoms. The summed E-state index contributed by atoms with van der Waals surface area (Å²) in [6.07, 6.45) is 2.35. The normalized spacial score (nSPS) is 10.9. The summed E-state index contributed by atoms with van der Waals surface area (Å²) < 4.78 is 1.66. The van der Waals surface area contributed by atoms with Gasteiger partial charge in [0.1, 0.15) is 11.6 Å². The molecule has 3 aromatic heterocycles. The van der Waals surface area contributed by atoms with Crippen LogP contribution in [-0.2, 0) is 11.2 Å². The third kappa shape index (κ3) is 3.80. The molecule has 0 radical (unpaired) electrons. The van der Waals surface area contributed by atoms with Crippen molar-refractivity contribution >= 4 is 28.0 Å². The van der Waals surface area contributed by atoms with Crippen LogP contribution in [0.3, 0.4) is 0 Å².